The van der Waals surface area contributed by atoms with Crippen molar-refractivity contribution in [1.29, 1.82) is 0 Å². The summed E-state index contributed by atoms with van der Waals surface area (Å²) in [6.45, 7) is 0. The van der Waals surface area contributed by atoms with Crippen LogP contribution in [0.15, 0.2) is 42.5 Å². The summed E-state index contributed by atoms with van der Waals surface area (Å²) in [6, 6.07) is 5.85. The first-order valence-electron chi connectivity index (χ1n) is 6.67. The van der Waals surface area contributed by atoms with Gasteiger partial charge in [-0.15, -0.1) is 0 Å². The van der Waals surface area contributed by atoms with E-state index in [0.29, 0.717) is 12.1 Å². The van der Waals surface area contributed by atoms with E-state index in [1.807, 2.05) is 0 Å². The Morgan fingerprint density at radius 2 is 1.25 bits per heavy atom. The van der Waals surface area contributed by atoms with Gasteiger partial charge in [-0.1, -0.05) is 18.2 Å². The highest BCUT2D eigenvalue weighted by Gasteiger charge is 2.58. The zero-order valence-electron chi connectivity index (χ0n) is 11.9. The lowest BCUT2D eigenvalue weighted by Gasteiger charge is -2.27. The average molecular weight is 339 g/mol. The third kappa shape index (κ3) is 2.22. The van der Waals surface area contributed by atoms with Crippen molar-refractivity contribution in [3.8, 4) is 0 Å². The van der Waals surface area contributed by atoms with Gasteiger partial charge in [-0.25, -0.2) is 9.59 Å². The Kier molecular flexibility index (Phi) is 3.36. The summed E-state index contributed by atoms with van der Waals surface area (Å²) in [7, 11) is 0. The summed E-state index contributed by atoms with van der Waals surface area (Å²) in [5.74, 6) is -11.3. The van der Waals surface area contributed by atoms with Crippen LogP contribution in [-0.2, 0) is 16.6 Å². The molecule has 4 nitrogen and oxygen atoms in total. The van der Waals surface area contributed by atoms with Gasteiger partial charge in [0, 0.05) is 16.8 Å². The number of alkyl halides is 4. The second-order valence-corrected chi connectivity index (χ2v) is 5.21. The van der Waals surface area contributed by atoms with Gasteiger partial charge in [0.25, 0.3) is 0 Å². The first kappa shape index (κ1) is 16.0. The number of carbonyl (C=O) groups excluding carboxylic acids is 2. The highest BCUT2D eigenvalue weighted by molar-refractivity contribution is 6.14. The van der Waals surface area contributed by atoms with Gasteiger partial charge in [-0.2, -0.15) is 17.6 Å². The Bertz CT molecular complexity index is 847. The molecule has 1 aliphatic rings. The van der Waals surface area contributed by atoms with E-state index in [1.165, 1.54) is 0 Å². The highest BCUT2D eigenvalue weighted by atomic mass is 19.3. The number of nitrogen functional groups attached to an aromatic ring is 1. The zero-order chi connectivity index (χ0) is 17.7. The number of anilines is 1. The third-order valence-electron chi connectivity index (χ3n) is 3.67. The predicted octanol–water partition coefficient (Wildman–Crippen LogP) is 3.46. The fourth-order valence-corrected chi connectivity index (χ4v) is 2.34. The number of fused-ring (bicyclic) bond motifs is 1. The molecule has 1 heterocycles. The van der Waals surface area contributed by atoms with E-state index in [0.717, 1.165) is 30.3 Å². The summed E-state index contributed by atoms with van der Waals surface area (Å²) in [6.07, 6.45) is 0. The van der Waals surface area contributed by atoms with Crippen molar-refractivity contribution in [2.75, 3.05) is 5.73 Å². The maximum Gasteiger partial charge on any atom is 0.346 e. The van der Waals surface area contributed by atoms with E-state index in [2.05, 4.69) is 4.74 Å². The molecule has 0 bridgehead atoms. The summed E-state index contributed by atoms with van der Waals surface area (Å²) in [5.41, 5.74) is 2.77. The van der Waals surface area contributed by atoms with Gasteiger partial charge in [-0.05, 0) is 24.3 Å². The van der Waals surface area contributed by atoms with Crippen LogP contribution in [-0.4, -0.2) is 11.9 Å². The fraction of sp³-hybridized carbons (Fsp3) is 0.125. The van der Waals surface area contributed by atoms with Crippen molar-refractivity contribution in [3.63, 3.8) is 0 Å². The highest BCUT2D eigenvalue weighted by Crippen LogP contribution is 2.50. The van der Waals surface area contributed by atoms with Crippen LogP contribution in [0, 0.1) is 0 Å². The number of nitrogens with two attached hydrogens (primary N) is 1. The van der Waals surface area contributed by atoms with E-state index in [1.54, 1.807) is 0 Å². The molecule has 8 heteroatoms. The monoisotopic (exact) mass is 339 g/mol. The lowest BCUT2D eigenvalue weighted by molar-refractivity contribution is -0.223. The molecule has 2 N–H and O–H groups in total. The van der Waals surface area contributed by atoms with Gasteiger partial charge in [0.2, 0.25) is 0 Å². The van der Waals surface area contributed by atoms with E-state index in [4.69, 9.17) is 5.73 Å². The number of hydrogen-bond donors (Lipinski definition) is 1. The second kappa shape index (κ2) is 5.05. The zero-order valence-corrected chi connectivity index (χ0v) is 11.9. The number of carbonyl (C=O) groups is 2. The van der Waals surface area contributed by atoms with E-state index < -0.39 is 40.5 Å². The largest absolute Gasteiger partial charge is 0.399 e. The topological polar surface area (TPSA) is 69.4 Å². The van der Waals surface area contributed by atoms with E-state index in [-0.39, 0.29) is 11.3 Å². The molecule has 2 aromatic rings. The normalized spacial score (nSPS) is 14.5. The lowest BCUT2D eigenvalue weighted by atomic mass is 9.93. The first-order chi connectivity index (χ1) is 11.1. The molecule has 0 saturated carbocycles. The van der Waals surface area contributed by atoms with Gasteiger partial charge >= 0.3 is 23.8 Å². The Labute approximate surface area is 132 Å². The Morgan fingerprint density at radius 1 is 0.750 bits per heavy atom. The van der Waals surface area contributed by atoms with Gasteiger partial charge in [0.05, 0.1) is 11.1 Å². The maximum absolute atomic E-state index is 14.4. The number of rotatable bonds is 3. The molecule has 0 spiro atoms. The van der Waals surface area contributed by atoms with Gasteiger partial charge < -0.3 is 10.5 Å². The molecule has 1 aliphatic heterocycles. The maximum atomic E-state index is 14.4. The predicted molar refractivity (Wildman–Crippen MR) is 74.8 cm³/mol. The minimum atomic E-state index is -4.62. The molecule has 0 fully saturated rings. The minimum Gasteiger partial charge on any atom is -0.399 e. The molecule has 0 amide bonds. The molecule has 0 radical (unpaired) electrons. The lowest BCUT2D eigenvalue weighted by Crippen LogP contribution is -2.35. The quantitative estimate of drug-likeness (QED) is 0.402. The molecule has 0 aliphatic carbocycles. The smallest absolute Gasteiger partial charge is 0.346 e. The van der Waals surface area contributed by atoms with E-state index >= 15 is 0 Å². The van der Waals surface area contributed by atoms with Crippen LogP contribution in [0.4, 0.5) is 23.2 Å². The van der Waals surface area contributed by atoms with Crippen molar-refractivity contribution >= 4 is 17.6 Å². The van der Waals surface area contributed by atoms with Crippen molar-refractivity contribution in [3.05, 3.63) is 64.7 Å². The third-order valence-corrected chi connectivity index (χ3v) is 3.67. The molecule has 2 aromatic carbocycles. The Morgan fingerprint density at radius 3 is 1.88 bits per heavy atom. The minimum absolute atomic E-state index is 0.150. The van der Waals surface area contributed by atoms with Crippen LogP contribution in [0.3, 0.4) is 0 Å². The van der Waals surface area contributed by atoms with Crippen molar-refractivity contribution < 1.29 is 31.9 Å². The molecule has 0 aromatic heterocycles. The van der Waals surface area contributed by atoms with Gasteiger partial charge in [-0.3, -0.25) is 0 Å². The molecular weight excluding hydrogens is 330 g/mol. The summed E-state index contributed by atoms with van der Waals surface area (Å²) >= 11 is 0. The second-order valence-electron chi connectivity index (χ2n) is 5.21. The Hall–Kier alpha value is -2.90. The van der Waals surface area contributed by atoms with Gasteiger partial charge in [0.1, 0.15) is 0 Å². The number of halogens is 4. The van der Waals surface area contributed by atoms with Crippen LogP contribution in [0.1, 0.15) is 31.8 Å². The van der Waals surface area contributed by atoms with Crippen LogP contribution in [0.25, 0.3) is 0 Å². The van der Waals surface area contributed by atoms with Crippen LogP contribution in [0.5, 0.6) is 0 Å². The van der Waals surface area contributed by atoms with Gasteiger partial charge in [0.15, 0.2) is 0 Å². The SMILES string of the molecule is Nc1ccc(C(F)(F)C(F)(F)c2ccc3c(c2)C(=O)OC3=O)cc1. The summed E-state index contributed by atoms with van der Waals surface area (Å²) in [5, 5.41) is 0. The van der Waals surface area contributed by atoms with Crippen LogP contribution in [0.2, 0.25) is 0 Å². The number of ether oxygens (including phenoxy) is 1. The standard InChI is InChI=1S/C16H9F4NO3/c17-15(18,8-1-4-10(21)5-2-8)16(19,20)9-3-6-11-12(7-9)14(23)24-13(11)22/h1-7H,21H2. The molecular formula is C16H9F4NO3. The van der Waals surface area contributed by atoms with Crippen LogP contribution < -0.4 is 5.73 Å². The Balaban J connectivity index is 2.07. The van der Waals surface area contributed by atoms with Crippen molar-refractivity contribution in [1.82, 2.24) is 0 Å². The molecule has 0 unspecified atom stereocenters. The molecule has 3 rings (SSSR count). The average Bonchev–Trinajstić information content (AvgIpc) is 2.82. The number of cyclic esters (lactones) is 2. The first-order valence-corrected chi connectivity index (χ1v) is 6.67. The van der Waals surface area contributed by atoms with Crippen molar-refractivity contribution in [2.45, 2.75) is 11.8 Å². The number of hydrogen-bond acceptors (Lipinski definition) is 4. The number of benzene rings is 2. The van der Waals surface area contributed by atoms with Crippen molar-refractivity contribution in [2.24, 2.45) is 0 Å². The van der Waals surface area contributed by atoms with Crippen LogP contribution >= 0.6 is 0 Å². The molecule has 24 heavy (non-hydrogen) atoms. The molecule has 0 atom stereocenters. The molecule has 124 valence electrons. The summed E-state index contributed by atoms with van der Waals surface area (Å²) in [4.78, 5) is 22.7. The van der Waals surface area contributed by atoms with E-state index in [9.17, 15) is 27.2 Å². The fourth-order valence-electron chi connectivity index (χ4n) is 2.34. The number of esters is 2. The summed E-state index contributed by atoms with van der Waals surface area (Å²) < 4.78 is 61.7. The molecule has 0 saturated heterocycles.